The molecule has 0 spiro atoms. The molecule has 180 valence electrons. The fraction of sp³-hybridized carbons (Fsp3) is 0.286. The van der Waals surface area contributed by atoms with Gasteiger partial charge in [0, 0.05) is 24.1 Å². The van der Waals surface area contributed by atoms with Gasteiger partial charge in [-0.2, -0.15) is 5.10 Å². The molecule has 1 aromatic heterocycles. The summed E-state index contributed by atoms with van der Waals surface area (Å²) in [7, 11) is -3.25. The van der Waals surface area contributed by atoms with Gasteiger partial charge < -0.3 is 4.74 Å². The summed E-state index contributed by atoms with van der Waals surface area (Å²) >= 11 is 0. The number of carbonyl (C=O) groups excluding carboxylic acids is 1. The fourth-order valence-corrected chi connectivity index (χ4v) is 4.31. The van der Waals surface area contributed by atoms with Gasteiger partial charge in [-0.05, 0) is 18.6 Å². The second kappa shape index (κ2) is 10.4. The standard InChI is InChI=1S/C21H23N5O7S/c1-3-4-7-12-25-21(28)16-9-6-5-8-15(16)19(23-25)20(27)22-24-34(31,32)18-13-14(26(29)30)10-11-17(18)33-2/h5-6,8-11,13,24H,3-4,7,12H2,1-2H3,(H,22,27). The Morgan fingerprint density at radius 2 is 1.88 bits per heavy atom. The number of benzene rings is 2. The number of ether oxygens (including phenoxy) is 1. The third-order valence-electron chi connectivity index (χ3n) is 5.00. The van der Waals surface area contributed by atoms with Gasteiger partial charge in [0.05, 0.1) is 17.4 Å². The molecule has 2 N–H and O–H groups in total. The van der Waals surface area contributed by atoms with Crippen LogP contribution in [0.15, 0.2) is 52.2 Å². The van der Waals surface area contributed by atoms with Crippen molar-refractivity contribution in [2.45, 2.75) is 37.6 Å². The van der Waals surface area contributed by atoms with E-state index < -0.39 is 31.4 Å². The van der Waals surface area contributed by atoms with Crippen molar-refractivity contribution in [3.8, 4) is 5.75 Å². The number of rotatable bonds is 10. The van der Waals surface area contributed by atoms with Crippen molar-refractivity contribution in [2.75, 3.05) is 7.11 Å². The molecule has 0 unspecified atom stereocenters. The van der Waals surface area contributed by atoms with Gasteiger partial charge >= 0.3 is 0 Å². The lowest BCUT2D eigenvalue weighted by atomic mass is 10.1. The Bertz CT molecular complexity index is 1400. The number of hydrazine groups is 1. The molecule has 0 saturated heterocycles. The fourth-order valence-electron chi connectivity index (χ4n) is 3.28. The minimum absolute atomic E-state index is 0.152. The number of hydrogen-bond donors (Lipinski definition) is 2. The quantitative estimate of drug-likeness (QED) is 0.248. The molecule has 0 fully saturated rings. The van der Waals surface area contributed by atoms with Crippen molar-refractivity contribution in [2.24, 2.45) is 0 Å². The lowest BCUT2D eigenvalue weighted by molar-refractivity contribution is -0.385. The number of hydrogen-bond acceptors (Lipinski definition) is 8. The van der Waals surface area contributed by atoms with Crippen LogP contribution in [-0.2, 0) is 16.6 Å². The molecule has 13 heteroatoms. The molecule has 0 aliphatic carbocycles. The van der Waals surface area contributed by atoms with Crippen LogP contribution in [0.25, 0.3) is 10.8 Å². The smallest absolute Gasteiger partial charge is 0.287 e. The van der Waals surface area contributed by atoms with Gasteiger partial charge in [-0.1, -0.05) is 38.0 Å². The zero-order valence-electron chi connectivity index (χ0n) is 18.5. The molecule has 0 radical (unpaired) electrons. The maximum absolute atomic E-state index is 12.9. The number of nitrogens with one attached hydrogen (secondary N) is 2. The van der Waals surface area contributed by atoms with E-state index in [2.05, 4.69) is 10.5 Å². The highest BCUT2D eigenvalue weighted by molar-refractivity contribution is 7.89. The second-order valence-corrected chi connectivity index (χ2v) is 8.93. The van der Waals surface area contributed by atoms with E-state index in [0.29, 0.717) is 13.0 Å². The Labute approximate surface area is 194 Å². The maximum Gasteiger partial charge on any atom is 0.287 e. The highest BCUT2D eigenvalue weighted by atomic mass is 32.2. The first-order valence-corrected chi connectivity index (χ1v) is 11.8. The highest BCUT2D eigenvalue weighted by Gasteiger charge is 2.25. The molecule has 0 atom stereocenters. The summed E-state index contributed by atoms with van der Waals surface area (Å²) in [5, 5.41) is 15.7. The average molecular weight is 490 g/mol. The van der Waals surface area contributed by atoms with Crippen molar-refractivity contribution >= 4 is 32.4 Å². The summed E-state index contributed by atoms with van der Waals surface area (Å²) in [6.45, 7) is 2.31. The lowest BCUT2D eigenvalue weighted by Crippen LogP contribution is -2.42. The molecule has 0 aliphatic heterocycles. The molecular formula is C21H23N5O7S. The molecule has 34 heavy (non-hydrogen) atoms. The highest BCUT2D eigenvalue weighted by Crippen LogP contribution is 2.27. The number of methoxy groups -OCH3 is 1. The molecular weight excluding hydrogens is 466 g/mol. The number of unbranched alkanes of at least 4 members (excludes halogenated alkanes) is 2. The van der Waals surface area contributed by atoms with Crippen molar-refractivity contribution < 1.29 is 22.9 Å². The van der Waals surface area contributed by atoms with Gasteiger partial charge in [0.15, 0.2) is 5.69 Å². The number of fused-ring (bicyclic) bond motifs is 1. The first-order valence-electron chi connectivity index (χ1n) is 10.3. The summed E-state index contributed by atoms with van der Waals surface area (Å²) in [4.78, 5) is 37.3. The predicted octanol–water partition coefficient (Wildman–Crippen LogP) is 2.13. The largest absolute Gasteiger partial charge is 0.495 e. The van der Waals surface area contributed by atoms with Crippen molar-refractivity contribution in [1.29, 1.82) is 0 Å². The number of nitro benzene ring substituents is 1. The second-order valence-electron chi connectivity index (χ2n) is 7.28. The number of carbonyl (C=O) groups is 1. The van der Waals surface area contributed by atoms with Crippen LogP contribution in [0.1, 0.15) is 36.7 Å². The Morgan fingerprint density at radius 1 is 1.18 bits per heavy atom. The summed E-state index contributed by atoms with van der Waals surface area (Å²) < 4.78 is 31.7. The Hall–Kier alpha value is -3.84. The maximum atomic E-state index is 12.9. The van der Waals surface area contributed by atoms with Crippen LogP contribution in [0.3, 0.4) is 0 Å². The molecule has 3 rings (SSSR count). The number of sulfonamides is 1. The minimum Gasteiger partial charge on any atom is -0.495 e. The van der Waals surface area contributed by atoms with Crippen molar-refractivity contribution in [3.05, 3.63) is 68.6 Å². The summed E-state index contributed by atoms with van der Waals surface area (Å²) in [6.07, 6.45) is 2.48. The van der Waals surface area contributed by atoms with E-state index in [1.54, 1.807) is 18.2 Å². The lowest BCUT2D eigenvalue weighted by Gasteiger charge is -2.13. The molecule has 0 saturated carbocycles. The van der Waals surface area contributed by atoms with Crippen LogP contribution < -0.4 is 20.6 Å². The summed E-state index contributed by atoms with van der Waals surface area (Å²) in [5.74, 6) is -1.06. The number of nitrogens with zero attached hydrogens (tertiary/aromatic N) is 3. The molecule has 1 heterocycles. The van der Waals surface area contributed by atoms with Crippen LogP contribution in [0, 0.1) is 10.1 Å². The van der Waals surface area contributed by atoms with Gasteiger partial charge in [-0.3, -0.25) is 25.1 Å². The Balaban J connectivity index is 1.94. The number of aryl methyl sites for hydroxylation is 1. The first-order chi connectivity index (χ1) is 16.2. The third-order valence-corrected chi connectivity index (χ3v) is 6.27. The average Bonchev–Trinajstić information content (AvgIpc) is 2.83. The number of amides is 1. The number of nitro groups is 1. The van der Waals surface area contributed by atoms with E-state index in [4.69, 9.17) is 4.74 Å². The van der Waals surface area contributed by atoms with E-state index in [-0.39, 0.29) is 27.8 Å². The molecule has 2 aromatic carbocycles. The van der Waals surface area contributed by atoms with Gasteiger partial charge in [-0.25, -0.2) is 13.1 Å². The number of non-ortho nitro benzene ring substituents is 1. The Kier molecular flexibility index (Phi) is 7.58. The third kappa shape index (κ3) is 5.21. The van der Waals surface area contributed by atoms with E-state index in [1.165, 1.54) is 17.9 Å². The van der Waals surface area contributed by atoms with Gasteiger partial charge in [0.2, 0.25) is 0 Å². The molecule has 1 amide bonds. The van der Waals surface area contributed by atoms with Crippen LogP contribution in [0.4, 0.5) is 5.69 Å². The van der Waals surface area contributed by atoms with E-state index in [0.717, 1.165) is 31.0 Å². The molecule has 0 aliphatic rings. The van der Waals surface area contributed by atoms with E-state index in [9.17, 15) is 28.1 Å². The molecule has 3 aromatic rings. The minimum atomic E-state index is -4.46. The van der Waals surface area contributed by atoms with E-state index in [1.807, 2.05) is 11.8 Å². The summed E-state index contributed by atoms with van der Waals surface area (Å²) in [5.41, 5.74) is 1.08. The topological polar surface area (TPSA) is 163 Å². The summed E-state index contributed by atoms with van der Waals surface area (Å²) in [6, 6.07) is 9.41. The van der Waals surface area contributed by atoms with E-state index >= 15 is 0 Å². The van der Waals surface area contributed by atoms with Gasteiger partial charge in [0.25, 0.3) is 27.2 Å². The van der Waals surface area contributed by atoms with Crippen LogP contribution in [0.5, 0.6) is 5.75 Å². The predicted molar refractivity (Wildman–Crippen MR) is 123 cm³/mol. The van der Waals surface area contributed by atoms with Crippen LogP contribution >= 0.6 is 0 Å². The van der Waals surface area contributed by atoms with Crippen LogP contribution in [0.2, 0.25) is 0 Å². The van der Waals surface area contributed by atoms with Crippen LogP contribution in [-0.4, -0.2) is 36.1 Å². The van der Waals surface area contributed by atoms with Gasteiger partial charge in [-0.15, -0.1) is 4.83 Å². The SMILES string of the molecule is CCCCCn1nc(C(=O)NNS(=O)(=O)c2cc([N+](=O)[O-])ccc2OC)c2ccccc2c1=O. The zero-order chi connectivity index (χ0) is 24.9. The molecule has 0 bridgehead atoms. The Morgan fingerprint density at radius 3 is 2.53 bits per heavy atom. The first kappa shape index (κ1) is 24.8. The molecule has 12 nitrogen and oxygen atoms in total. The monoisotopic (exact) mass is 489 g/mol. The number of aromatic nitrogens is 2. The zero-order valence-corrected chi connectivity index (χ0v) is 19.3. The van der Waals surface area contributed by atoms with Gasteiger partial charge in [0.1, 0.15) is 10.6 Å². The van der Waals surface area contributed by atoms with Crippen molar-refractivity contribution in [3.63, 3.8) is 0 Å². The van der Waals surface area contributed by atoms with Crippen molar-refractivity contribution in [1.82, 2.24) is 20.0 Å². The normalized spacial score (nSPS) is 11.4.